The van der Waals surface area contributed by atoms with E-state index >= 15 is 0 Å². The highest BCUT2D eigenvalue weighted by Crippen LogP contribution is 2.28. The fourth-order valence-electron chi connectivity index (χ4n) is 2.24. The van der Waals surface area contributed by atoms with Crippen molar-refractivity contribution >= 4 is 5.84 Å². The highest BCUT2D eigenvalue weighted by atomic mass is 16.5. The van der Waals surface area contributed by atoms with Crippen LogP contribution in [0, 0.1) is 5.92 Å². The molecule has 2 rings (SSSR count). The first-order valence-electron chi connectivity index (χ1n) is 6.18. The van der Waals surface area contributed by atoms with E-state index in [0.717, 1.165) is 19.3 Å². The van der Waals surface area contributed by atoms with Gasteiger partial charge in [-0.25, -0.2) is 9.97 Å². The summed E-state index contributed by atoms with van der Waals surface area (Å²) < 4.78 is 5.88. The van der Waals surface area contributed by atoms with E-state index in [4.69, 9.17) is 15.7 Å². The number of nitrogens with two attached hydrogens (primary N) is 1. The summed E-state index contributed by atoms with van der Waals surface area (Å²) in [7, 11) is 0. The van der Waals surface area contributed by atoms with Crippen molar-refractivity contribution in [3.8, 4) is 5.88 Å². The van der Waals surface area contributed by atoms with Gasteiger partial charge in [0.15, 0.2) is 11.5 Å². The van der Waals surface area contributed by atoms with Crippen LogP contribution in [-0.2, 0) is 0 Å². The predicted octanol–water partition coefficient (Wildman–Crippen LogP) is 1.53. The fraction of sp³-hybridized carbons (Fsp3) is 0.583. The molecule has 1 aromatic heterocycles. The smallest absolute Gasteiger partial charge is 0.244 e. The molecule has 1 aromatic rings. The topological polar surface area (TPSA) is 93.6 Å². The number of amidine groups is 1. The molecule has 0 radical (unpaired) electrons. The van der Waals surface area contributed by atoms with Crippen molar-refractivity contribution < 1.29 is 9.94 Å². The molecule has 1 aliphatic carbocycles. The lowest BCUT2D eigenvalue weighted by atomic mass is 9.88. The molecule has 2 atom stereocenters. The predicted molar refractivity (Wildman–Crippen MR) is 66.6 cm³/mol. The van der Waals surface area contributed by atoms with Crippen molar-refractivity contribution in [1.29, 1.82) is 0 Å². The summed E-state index contributed by atoms with van der Waals surface area (Å²) in [6.45, 7) is 2.17. The van der Waals surface area contributed by atoms with Gasteiger partial charge < -0.3 is 15.7 Å². The van der Waals surface area contributed by atoms with Crippen LogP contribution in [-0.4, -0.2) is 27.1 Å². The van der Waals surface area contributed by atoms with E-state index in [2.05, 4.69) is 22.0 Å². The largest absolute Gasteiger partial charge is 0.472 e. The average molecular weight is 250 g/mol. The Balaban J connectivity index is 2.18. The van der Waals surface area contributed by atoms with Crippen molar-refractivity contribution in [1.82, 2.24) is 9.97 Å². The van der Waals surface area contributed by atoms with Gasteiger partial charge in [-0.3, -0.25) is 0 Å². The molecule has 0 amide bonds. The lowest BCUT2D eigenvalue weighted by Gasteiger charge is -2.29. The summed E-state index contributed by atoms with van der Waals surface area (Å²) in [6.07, 6.45) is 7.72. The van der Waals surface area contributed by atoms with Gasteiger partial charge in [0.2, 0.25) is 5.88 Å². The van der Waals surface area contributed by atoms with Crippen molar-refractivity contribution in [2.75, 3.05) is 0 Å². The molecular weight excluding hydrogens is 232 g/mol. The second-order valence-electron chi connectivity index (χ2n) is 4.61. The Hall–Kier alpha value is -1.85. The van der Waals surface area contributed by atoms with E-state index in [-0.39, 0.29) is 17.6 Å². The van der Waals surface area contributed by atoms with Crippen LogP contribution < -0.4 is 10.5 Å². The molecule has 0 aromatic carbocycles. The van der Waals surface area contributed by atoms with Gasteiger partial charge >= 0.3 is 0 Å². The first-order valence-corrected chi connectivity index (χ1v) is 6.18. The van der Waals surface area contributed by atoms with Crippen LogP contribution in [0.25, 0.3) is 0 Å². The average Bonchev–Trinajstić information content (AvgIpc) is 2.41. The maximum absolute atomic E-state index is 8.71. The van der Waals surface area contributed by atoms with Crippen LogP contribution in [0.4, 0.5) is 0 Å². The van der Waals surface area contributed by atoms with Crippen LogP contribution in [0.3, 0.4) is 0 Å². The van der Waals surface area contributed by atoms with Crippen LogP contribution in [0.2, 0.25) is 0 Å². The minimum Gasteiger partial charge on any atom is -0.472 e. The summed E-state index contributed by atoms with van der Waals surface area (Å²) in [6, 6.07) is 0. The number of oxime groups is 1. The maximum atomic E-state index is 8.71. The molecule has 0 spiro atoms. The quantitative estimate of drug-likeness (QED) is 0.367. The normalized spacial score (nSPS) is 24.8. The SMILES string of the molecule is CC1CCCCC1Oc1nccnc1C(N)=NO. The third kappa shape index (κ3) is 2.69. The Labute approximate surface area is 106 Å². The fourth-order valence-corrected chi connectivity index (χ4v) is 2.24. The molecule has 6 heteroatoms. The van der Waals surface area contributed by atoms with Crippen molar-refractivity contribution in [2.24, 2.45) is 16.8 Å². The third-order valence-corrected chi connectivity index (χ3v) is 3.31. The number of nitrogens with zero attached hydrogens (tertiary/aromatic N) is 3. The van der Waals surface area contributed by atoms with Gasteiger partial charge in [0.25, 0.3) is 0 Å². The second-order valence-corrected chi connectivity index (χ2v) is 4.61. The van der Waals surface area contributed by atoms with E-state index < -0.39 is 0 Å². The van der Waals surface area contributed by atoms with Crippen LogP contribution >= 0.6 is 0 Å². The zero-order chi connectivity index (χ0) is 13.0. The zero-order valence-corrected chi connectivity index (χ0v) is 10.4. The van der Waals surface area contributed by atoms with Crippen LogP contribution in [0.15, 0.2) is 17.5 Å². The van der Waals surface area contributed by atoms with E-state index in [1.165, 1.54) is 18.8 Å². The van der Waals surface area contributed by atoms with Crippen LogP contribution in [0.5, 0.6) is 5.88 Å². The van der Waals surface area contributed by atoms with Crippen molar-refractivity contribution in [3.05, 3.63) is 18.1 Å². The molecule has 18 heavy (non-hydrogen) atoms. The minimum atomic E-state index is -0.0819. The first-order chi connectivity index (χ1) is 8.72. The number of rotatable bonds is 3. The molecule has 1 aliphatic rings. The summed E-state index contributed by atoms with van der Waals surface area (Å²) >= 11 is 0. The molecular formula is C12H18N4O2. The van der Waals surface area contributed by atoms with Gasteiger partial charge in [0.1, 0.15) is 6.10 Å². The molecule has 2 unspecified atom stereocenters. The Morgan fingerprint density at radius 1 is 1.39 bits per heavy atom. The lowest BCUT2D eigenvalue weighted by molar-refractivity contribution is 0.0968. The molecule has 0 bridgehead atoms. The van der Waals surface area contributed by atoms with Gasteiger partial charge in [0.05, 0.1) is 0 Å². The van der Waals surface area contributed by atoms with E-state index in [1.54, 1.807) is 0 Å². The third-order valence-electron chi connectivity index (χ3n) is 3.31. The van der Waals surface area contributed by atoms with Gasteiger partial charge in [-0.05, 0) is 25.2 Å². The van der Waals surface area contributed by atoms with Crippen molar-refractivity contribution in [2.45, 2.75) is 38.7 Å². The van der Waals surface area contributed by atoms with E-state index in [9.17, 15) is 0 Å². The van der Waals surface area contributed by atoms with Gasteiger partial charge in [-0.15, -0.1) is 0 Å². The molecule has 6 nitrogen and oxygen atoms in total. The van der Waals surface area contributed by atoms with Gasteiger partial charge in [-0.1, -0.05) is 18.5 Å². The van der Waals surface area contributed by atoms with E-state index in [1.807, 2.05) is 0 Å². The van der Waals surface area contributed by atoms with Gasteiger partial charge in [-0.2, -0.15) is 0 Å². The zero-order valence-electron chi connectivity index (χ0n) is 10.4. The Bertz CT molecular complexity index is 436. The highest BCUT2D eigenvalue weighted by molar-refractivity contribution is 5.97. The number of hydrogen-bond acceptors (Lipinski definition) is 5. The minimum absolute atomic E-state index is 0.0819. The summed E-state index contributed by atoms with van der Waals surface area (Å²) in [5.74, 6) is 0.744. The molecule has 3 N–H and O–H groups in total. The monoisotopic (exact) mass is 250 g/mol. The lowest BCUT2D eigenvalue weighted by Crippen LogP contribution is -2.30. The Morgan fingerprint density at radius 3 is 2.83 bits per heavy atom. The van der Waals surface area contributed by atoms with Crippen molar-refractivity contribution in [3.63, 3.8) is 0 Å². The Morgan fingerprint density at radius 2 is 2.11 bits per heavy atom. The standard InChI is InChI=1S/C12H18N4O2/c1-8-4-2-3-5-9(8)18-12-10(11(13)16-17)14-6-7-15-12/h6-9,17H,2-5H2,1H3,(H2,13,16). The molecule has 1 heterocycles. The van der Waals surface area contributed by atoms with E-state index in [0.29, 0.717) is 11.8 Å². The maximum Gasteiger partial charge on any atom is 0.244 e. The number of hydrogen-bond donors (Lipinski definition) is 2. The first kappa shape index (κ1) is 12.6. The van der Waals surface area contributed by atoms with Crippen LogP contribution in [0.1, 0.15) is 38.3 Å². The second kappa shape index (κ2) is 5.66. The number of aromatic nitrogens is 2. The summed E-state index contributed by atoms with van der Waals surface area (Å²) in [4.78, 5) is 8.16. The molecule has 0 aliphatic heterocycles. The molecule has 98 valence electrons. The summed E-state index contributed by atoms with van der Waals surface area (Å²) in [5, 5.41) is 11.7. The molecule has 1 saturated carbocycles. The molecule has 1 fully saturated rings. The van der Waals surface area contributed by atoms with Gasteiger partial charge in [0, 0.05) is 12.4 Å². The molecule has 0 saturated heterocycles. The highest BCUT2D eigenvalue weighted by Gasteiger charge is 2.25. The summed E-state index contributed by atoms with van der Waals surface area (Å²) in [5.41, 5.74) is 5.84. The number of ether oxygens (including phenoxy) is 1. The Kier molecular flexibility index (Phi) is 3.96.